The minimum Gasteiger partial charge on any atom is -0.466 e. The van der Waals surface area contributed by atoms with E-state index < -0.39 is 12.1 Å². The van der Waals surface area contributed by atoms with Gasteiger partial charge in [-0.1, -0.05) is 24.3 Å². The van der Waals surface area contributed by atoms with Gasteiger partial charge in [0.25, 0.3) is 0 Å². The van der Waals surface area contributed by atoms with Gasteiger partial charge in [0.15, 0.2) is 0 Å². The van der Waals surface area contributed by atoms with Gasteiger partial charge in [-0.05, 0) is 31.0 Å². The zero-order valence-electron chi connectivity index (χ0n) is 10.8. The first-order valence-corrected chi connectivity index (χ1v) is 6.27. The molecular formula is C13H15NO4S. The van der Waals surface area contributed by atoms with E-state index in [1.165, 1.54) is 7.11 Å². The molecule has 5 nitrogen and oxygen atoms in total. The van der Waals surface area contributed by atoms with Crippen LogP contribution in [-0.2, 0) is 14.3 Å². The third-order valence-electron chi connectivity index (χ3n) is 2.12. The van der Waals surface area contributed by atoms with Crippen LogP contribution in [0.25, 0.3) is 0 Å². The largest absolute Gasteiger partial charge is 0.466 e. The van der Waals surface area contributed by atoms with Crippen LogP contribution in [0.2, 0.25) is 0 Å². The number of hydrogen-bond donors (Lipinski definition) is 1. The van der Waals surface area contributed by atoms with E-state index in [1.54, 1.807) is 0 Å². The normalized spacial score (nSPS) is 9.58. The van der Waals surface area contributed by atoms with Crippen LogP contribution < -0.4 is 4.72 Å². The molecule has 0 heterocycles. The molecule has 0 aliphatic rings. The highest BCUT2D eigenvalue weighted by atomic mass is 32.2. The van der Waals surface area contributed by atoms with E-state index >= 15 is 0 Å². The Labute approximate surface area is 116 Å². The van der Waals surface area contributed by atoms with Crippen LogP contribution >= 0.6 is 11.9 Å². The Kier molecular flexibility index (Phi) is 5.95. The molecule has 1 rings (SSSR count). The van der Waals surface area contributed by atoms with Gasteiger partial charge < -0.3 is 9.47 Å². The van der Waals surface area contributed by atoms with Crippen LogP contribution in [0.15, 0.2) is 41.3 Å². The molecule has 0 aliphatic heterocycles. The van der Waals surface area contributed by atoms with E-state index in [9.17, 15) is 9.59 Å². The fourth-order valence-electron chi connectivity index (χ4n) is 1.09. The van der Waals surface area contributed by atoms with Gasteiger partial charge in [0.1, 0.15) is 6.61 Å². The summed E-state index contributed by atoms with van der Waals surface area (Å²) in [6.07, 6.45) is -0.643. The smallest absolute Gasteiger partial charge is 0.417 e. The predicted octanol–water partition coefficient (Wildman–Crippen LogP) is 2.46. The van der Waals surface area contributed by atoms with Gasteiger partial charge in [-0.15, -0.1) is 0 Å². The molecule has 0 spiro atoms. The van der Waals surface area contributed by atoms with Crippen molar-refractivity contribution in [3.63, 3.8) is 0 Å². The fraction of sp³-hybridized carbons (Fsp3) is 0.231. The second kappa shape index (κ2) is 7.48. The van der Waals surface area contributed by atoms with Crippen LogP contribution in [0.3, 0.4) is 0 Å². The first-order chi connectivity index (χ1) is 9.02. The molecule has 1 amide bonds. The number of carbonyl (C=O) groups excluding carboxylic acids is 2. The third kappa shape index (κ3) is 5.48. The van der Waals surface area contributed by atoms with E-state index in [1.807, 2.05) is 31.2 Å². The van der Waals surface area contributed by atoms with Crippen LogP contribution in [0.1, 0.15) is 5.56 Å². The Balaban J connectivity index is 2.30. The number of benzene rings is 1. The van der Waals surface area contributed by atoms with Crippen molar-refractivity contribution in [3.05, 3.63) is 42.0 Å². The Hall–Kier alpha value is -1.95. The second-order valence-electron chi connectivity index (χ2n) is 3.69. The average molecular weight is 281 g/mol. The van der Waals surface area contributed by atoms with Crippen molar-refractivity contribution in [2.45, 2.75) is 11.8 Å². The molecule has 0 bridgehead atoms. The van der Waals surface area contributed by atoms with Crippen molar-refractivity contribution in [1.29, 1.82) is 0 Å². The van der Waals surface area contributed by atoms with Crippen molar-refractivity contribution >= 4 is 24.0 Å². The summed E-state index contributed by atoms with van der Waals surface area (Å²) in [6.45, 7) is 5.22. The zero-order chi connectivity index (χ0) is 14.3. The van der Waals surface area contributed by atoms with E-state index in [2.05, 4.69) is 16.0 Å². The molecule has 6 heteroatoms. The minimum absolute atomic E-state index is 0.0815. The van der Waals surface area contributed by atoms with E-state index in [0.717, 1.165) is 22.4 Å². The fourth-order valence-corrected chi connectivity index (χ4v) is 1.62. The Morgan fingerprint density at radius 2 is 1.95 bits per heavy atom. The molecule has 19 heavy (non-hydrogen) atoms. The summed E-state index contributed by atoms with van der Waals surface area (Å²) in [7, 11) is 1.24. The maximum atomic E-state index is 11.4. The quantitative estimate of drug-likeness (QED) is 0.510. The lowest BCUT2D eigenvalue weighted by Gasteiger charge is -2.07. The standard InChI is InChI=1S/C13H15NO4S/c1-9-4-6-11(7-5-9)19-14-13(16)18-8-10(2)12(15)17-3/h4-7H,2,8H2,1,3H3,(H,14,16). The zero-order valence-corrected chi connectivity index (χ0v) is 11.6. The van der Waals surface area contributed by atoms with Crippen molar-refractivity contribution in [2.24, 2.45) is 0 Å². The van der Waals surface area contributed by atoms with E-state index in [-0.39, 0.29) is 12.2 Å². The summed E-state index contributed by atoms with van der Waals surface area (Å²) in [4.78, 5) is 23.2. The van der Waals surface area contributed by atoms with Crippen molar-refractivity contribution in [3.8, 4) is 0 Å². The van der Waals surface area contributed by atoms with E-state index in [0.29, 0.717) is 0 Å². The average Bonchev–Trinajstić information content (AvgIpc) is 2.43. The van der Waals surface area contributed by atoms with Crippen molar-refractivity contribution < 1.29 is 19.1 Å². The topological polar surface area (TPSA) is 64.6 Å². The summed E-state index contributed by atoms with van der Waals surface area (Å²) >= 11 is 1.13. The van der Waals surface area contributed by atoms with Crippen molar-refractivity contribution in [1.82, 2.24) is 4.72 Å². The summed E-state index contributed by atoms with van der Waals surface area (Å²) in [5.74, 6) is -0.598. The molecule has 0 saturated carbocycles. The van der Waals surface area contributed by atoms with Gasteiger partial charge in [-0.3, -0.25) is 4.72 Å². The number of nitrogens with one attached hydrogen (secondary N) is 1. The lowest BCUT2D eigenvalue weighted by atomic mass is 10.2. The molecule has 1 aromatic carbocycles. The summed E-state index contributed by atoms with van der Waals surface area (Å²) in [6, 6.07) is 7.64. The minimum atomic E-state index is -0.643. The molecule has 102 valence electrons. The number of hydrogen-bond acceptors (Lipinski definition) is 5. The number of rotatable bonds is 5. The van der Waals surface area contributed by atoms with Crippen molar-refractivity contribution in [2.75, 3.05) is 13.7 Å². The molecule has 1 aromatic rings. The van der Waals surface area contributed by atoms with Gasteiger partial charge in [0, 0.05) is 4.90 Å². The van der Waals surface area contributed by atoms with Gasteiger partial charge >= 0.3 is 12.1 Å². The SMILES string of the molecule is C=C(COC(=O)NSc1ccc(C)cc1)C(=O)OC. The lowest BCUT2D eigenvalue weighted by Crippen LogP contribution is -2.20. The molecular weight excluding hydrogens is 266 g/mol. The first-order valence-electron chi connectivity index (χ1n) is 5.45. The lowest BCUT2D eigenvalue weighted by molar-refractivity contribution is -0.136. The molecule has 0 aliphatic carbocycles. The second-order valence-corrected chi connectivity index (χ2v) is 4.57. The van der Waals surface area contributed by atoms with Gasteiger partial charge in [-0.2, -0.15) is 0 Å². The Morgan fingerprint density at radius 1 is 1.32 bits per heavy atom. The molecule has 0 aromatic heterocycles. The third-order valence-corrected chi connectivity index (χ3v) is 2.90. The highest BCUT2D eigenvalue weighted by Gasteiger charge is 2.10. The number of aryl methyl sites for hydroxylation is 1. The van der Waals surface area contributed by atoms with Gasteiger partial charge in [0.05, 0.1) is 12.7 Å². The monoisotopic (exact) mass is 281 g/mol. The van der Waals surface area contributed by atoms with E-state index in [4.69, 9.17) is 4.74 Å². The number of methoxy groups -OCH3 is 1. The molecule has 0 saturated heterocycles. The maximum Gasteiger partial charge on any atom is 0.417 e. The molecule has 1 N–H and O–H groups in total. The number of carbonyl (C=O) groups is 2. The maximum absolute atomic E-state index is 11.4. The summed E-state index contributed by atoms with van der Waals surface area (Å²) < 4.78 is 11.7. The number of esters is 1. The van der Waals surface area contributed by atoms with Crippen LogP contribution in [-0.4, -0.2) is 25.8 Å². The summed E-state index contributed by atoms with van der Waals surface area (Å²) in [5.41, 5.74) is 1.22. The highest BCUT2D eigenvalue weighted by molar-refractivity contribution is 7.98. The van der Waals surface area contributed by atoms with Gasteiger partial charge in [-0.25, -0.2) is 9.59 Å². The highest BCUT2D eigenvalue weighted by Crippen LogP contribution is 2.14. The molecule has 0 unspecified atom stereocenters. The van der Waals surface area contributed by atoms with Crippen LogP contribution in [0.4, 0.5) is 4.79 Å². The Morgan fingerprint density at radius 3 is 2.53 bits per heavy atom. The Bertz CT molecular complexity index is 470. The molecule has 0 atom stereocenters. The molecule has 0 fully saturated rings. The first kappa shape index (κ1) is 15.1. The van der Waals surface area contributed by atoms with Crippen LogP contribution in [0.5, 0.6) is 0 Å². The van der Waals surface area contributed by atoms with Crippen LogP contribution in [0, 0.1) is 6.92 Å². The number of ether oxygens (including phenoxy) is 2. The summed E-state index contributed by atoms with van der Waals surface area (Å²) in [5, 5.41) is 0. The predicted molar refractivity (Wildman–Crippen MR) is 72.7 cm³/mol. The van der Waals surface area contributed by atoms with Gasteiger partial charge in [0.2, 0.25) is 0 Å². The number of amides is 1. The molecule has 0 radical (unpaired) electrons.